The summed E-state index contributed by atoms with van der Waals surface area (Å²) >= 11 is 0. The van der Waals surface area contributed by atoms with Crippen molar-refractivity contribution in [3.05, 3.63) is 54.8 Å². The van der Waals surface area contributed by atoms with Crippen LogP contribution >= 0.6 is 0 Å². The number of rotatable bonds is 9. The lowest BCUT2D eigenvalue weighted by atomic mass is 9.72. The van der Waals surface area contributed by atoms with E-state index >= 15 is 0 Å². The van der Waals surface area contributed by atoms with Gasteiger partial charge in [0.15, 0.2) is 5.60 Å². The number of fused-ring (bicyclic) bond motifs is 6. The van der Waals surface area contributed by atoms with Gasteiger partial charge in [0.2, 0.25) is 6.29 Å². The molecule has 9 unspecified atom stereocenters. The zero-order valence-electron chi connectivity index (χ0n) is 21.4. The van der Waals surface area contributed by atoms with Crippen LogP contribution in [0.15, 0.2) is 49.3 Å². The Morgan fingerprint density at radius 3 is 2.61 bits per heavy atom. The van der Waals surface area contributed by atoms with E-state index < -0.39 is 48.3 Å². The van der Waals surface area contributed by atoms with Crippen molar-refractivity contribution in [2.75, 3.05) is 13.2 Å². The van der Waals surface area contributed by atoms with Crippen LogP contribution in [0.2, 0.25) is 0 Å². The molecule has 4 heterocycles. The van der Waals surface area contributed by atoms with Crippen LogP contribution in [-0.2, 0) is 20.6 Å². The molecule has 1 aromatic rings. The molecule has 9 heteroatoms. The maximum absolute atomic E-state index is 11.6. The van der Waals surface area contributed by atoms with Crippen molar-refractivity contribution in [3.8, 4) is 17.8 Å². The van der Waals surface area contributed by atoms with Gasteiger partial charge in [-0.05, 0) is 61.3 Å². The van der Waals surface area contributed by atoms with Gasteiger partial charge in [0.1, 0.15) is 36.3 Å². The molecule has 3 bridgehead atoms. The lowest BCUT2D eigenvalue weighted by Crippen LogP contribution is -2.70. The van der Waals surface area contributed by atoms with Crippen LogP contribution in [0, 0.1) is 23.9 Å². The maximum Gasteiger partial charge on any atom is 0.243 e. The highest BCUT2D eigenvalue weighted by Gasteiger charge is 2.62. The molecule has 5 rings (SSSR count). The minimum Gasteiger partial charge on any atom is -0.486 e. The molecule has 9 atom stereocenters. The van der Waals surface area contributed by atoms with Crippen molar-refractivity contribution in [2.24, 2.45) is 11.8 Å². The van der Waals surface area contributed by atoms with Crippen molar-refractivity contribution >= 4 is 0 Å². The fourth-order valence-corrected chi connectivity index (χ4v) is 5.57. The molecule has 4 aliphatic rings. The number of aliphatic hydroxyl groups is 5. The average Bonchev–Trinajstić information content (AvgIpc) is 3.10. The van der Waals surface area contributed by atoms with Crippen LogP contribution in [0.5, 0.6) is 5.75 Å². The summed E-state index contributed by atoms with van der Waals surface area (Å²) in [5.41, 5.74) is -0.544. The predicted molar refractivity (Wildman–Crippen MR) is 137 cm³/mol. The van der Waals surface area contributed by atoms with Gasteiger partial charge in [0.05, 0.1) is 12.4 Å². The highest BCUT2D eigenvalue weighted by Crippen LogP contribution is 2.45. The number of hydrogen-bond acceptors (Lipinski definition) is 9. The Bertz CT molecular complexity index is 1000. The van der Waals surface area contributed by atoms with Crippen molar-refractivity contribution < 1.29 is 44.5 Å². The Hall–Kier alpha value is -2.58. The Labute approximate surface area is 223 Å². The first-order chi connectivity index (χ1) is 18.4. The molecular weight excluding hydrogens is 492 g/mol. The van der Waals surface area contributed by atoms with Gasteiger partial charge in [-0.2, -0.15) is 0 Å². The SMILES string of the molecule is C=CCc1ccc(OC2OC3C(CCCO)OC#CCC(O)C4CC2(OC=CC4CCO)C(O)C3O)cc1. The van der Waals surface area contributed by atoms with E-state index in [0.717, 1.165) is 5.56 Å². The maximum atomic E-state index is 11.6. The third-order valence-electron chi connectivity index (χ3n) is 7.67. The molecule has 4 aliphatic heterocycles. The van der Waals surface area contributed by atoms with E-state index in [1.807, 2.05) is 12.1 Å². The summed E-state index contributed by atoms with van der Waals surface area (Å²) in [4.78, 5) is 0. The number of ether oxygens (including phenoxy) is 4. The molecule has 1 saturated heterocycles. The summed E-state index contributed by atoms with van der Waals surface area (Å²) in [6.45, 7) is 3.56. The second-order valence-electron chi connectivity index (χ2n) is 10.1. The van der Waals surface area contributed by atoms with Gasteiger partial charge < -0.3 is 44.5 Å². The molecule has 0 amide bonds. The van der Waals surface area contributed by atoms with Gasteiger partial charge in [0, 0.05) is 26.1 Å². The largest absolute Gasteiger partial charge is 0.486 e. The lowest BCUT2D eigenvalue weighted by molar-refractivity contribution is -0.333. The van der Waals surface area contributed by atoms with E-state index in [1.165, 1.54) is 6.26 Å². The average molecular weight is 531 g/mol. The normalized spacial score (nSPS) is 36.3. The second kappa shape index (κ2) is 13.0. The molecular formula is C29H38O9. The van der Waals surface area contributed by atoms with Crippen molar-refractivity contribution in [3.63, 3.8) is 0 Å². The first kappa shape index (κ1) is 28.4. The summed E-state index contributed by atoms with van der Waals surface area (Å²) in [5.74, 6) is 2.53. The van der Waals surface area contributed by atoms with Crippen LogP contribution in [0.3, 0.4) is 0 Å². The molecule has 0 radical (unpaired) electrons. The molecule has 208 valence electrons. The second-order valence-corrected chi connectivity index (χ2v) is 10.1. The first-order valence-corrected chi connectivity index (χ1v) is 13.2. The summed E-state index contributed by atoms with van der Waals surface area (Å²) in [6, 6.07) is 7.36. The molecule has 5 N–H and O–H groups in total. The minimum absolute atomic E-state index is 0.0693. The van der Waals surface area contributed by atoms with E-state index in [2.05, 4.69) is 18.6 Å². The van der Waals surface area contributed by atoms with Crippen LogP contribution in [0.25, 0.3) is 0 Å². The smallest absolute Gasteiger partial charge is 0.243 e. The van der Waals surface area contributed by atoms with E-state index in [-0.39, 0.29) is 32.0 Å². The fourth-order valence-electron chi connectivity index (χ4n) is 5.57. The summed E-state index contributed by atoms with van der Waals surface area (Å²) < 4.78 is 24.6. The number of allylic oxidation sites excluding steroid dienone is 2. The van der Waals surface area contributed by atoms with Crippen LogP contribution < -0.4 is 4.74 Å². The van der Waals surface area contributed by atoms with Gasteiger partial charge in [0.25, 0.3) is 0 Å². The molecule has 0 aliphatic carbocycles. The van der Waals surface area contributed by atoms with Gasteiger partial charge in [-0.15, -0.1) is 6.58 Å². The zero-order valence-corrected chi connectivity index (χ0v) is 21.4. The minimum atomic E-state index is -1.59. The van der Waals surface area contributed by atoms with E-state index in [1.54, 1.807) is 24.3 Å². The van der Waals surface area contributed by atoms with Crippen molar-refractivity contribution in [2.45, 2.75) is 80.9 Å². The van der Waals surface area contributed by atoms with Crippen molar-refractivity contribution in [1.29, 1.82) is 0 Å². The predicted octanol–water partition coefficient (Wildman–Crippen LogP) is 1.41. The molecule has 1 fully saturated rings. The first-order valence-electron chi connectivity index (χ1n) is 13.2. The van der Waals surface area contributed by atoms with Gasteiger partial charge in [-0.3, -0.25) is 0 Å². The van der Waals surface area contributed by atoms with Crippen molar-refractivity contribution in [1.82, 2.24) is 0 Å². The van der Waals surface area contributed by atoms with Gasteiger partial charge in [-0.25, -0.2) is 0 Å². The summed E-state index contributed by atoms with van der Waals surface area (Å²) in [6.07, 6.45) is 2.63. The summed E-state index contributed by atoms with van der Waals surface area (Å²) in [5, 5.41) is 53.2. The zero-order chi connectivity index (χ0) is 27.1. The molecule has 38 heavy (non-hydrogen) atoms. The third-order valence-corrected chi connectivity index (χ3v) is 7.67. The number of benzene rings is 1. The Balaban J connectivity index is 1.77. The Kier molecular flexibility index (Phi) is 9.71. The van der Waals surface area contributed by atoms with Crippen LogP contribution in [-0.4, -0.2) is 81.2 Å². The highest BCUT2D eigenvalue weighted by atomic mass is 16.7. The Morgan fingerprint density at radius 2 is 1.89 bits per heavy atom. The third kappa shape index (κ3) is 6.01. The van der Waals surface area contributed by atoms with Crippen LogP contribution in [0.4, 0.5) is 0 Å². The summed E-state index contributed by atoms with van der Waals surface area (Å²) in [7, 11) is 0. The fraction of sp³-hybridized carbons (Fsp3) is 0.586. The monoisotopic (exact) mass is 530 g/mol. The molecule has 1 spiro atoms. The van der Waals surface area contributed by atoms with E-state index in [9.17, 15) is 25.5 Å². The standard InChI is InChI=1S/C29H38O9/c1-2-5-19-8-10-21(11-9-19)37-28-29-18-22(20(12-15-31)13-17-36-29)23(32)6-4-16-35-24(7-3-14-30)26(38-28)25(33)27(29)34/h2,8-11,13,17,20,22-28,30-34H,1,3,5-7,12,14-15,18H2. The number of aliphatic hydroxyl groups excluding tert-OH is 5. The van der Waals surface area contributed by atoms with Gasteiger partial charge in [-0.1, -0.05) is 24.1 Å². The van der Waals surface area contributed by atoms with E-state index in [4.69, 9.17) is 18.9 Å². The molecule has 1 aromatic carbocycles. The topological polar surface area (TPSA) is 138 Å². The molecule has 0 aromatic heterocycles. The lowest BCUT2D eigenvalue weighted by Gasteiger charge is -2.51. The highest BCUT2D eigenvalue weighted by molar-refractivity contribution is 5.29. The van der Waals surface area contributed by atoms with Gasteiger partial charge >= 0.3 is 0 Å². The molecule has 9 nitrogen and oxygen atoms in total. The molecule has 0 saturated carbocycles. The van der Waals surface area contributed by atoms with Crippen LogP contribution in [0.1, 0.15) is 37.7 Å². The van der Waals surface area contributed by atoms with E-state index in [0.29, 0.717) is 31.4 Å². The Morgan fingerprint density at radius 1 is 1.11 bits per heavy atom. The number of hydrogen-bond donors (Lipinski definition) is 5. The quantitative estimate of drug-likeness (QED) is 0.237.